The molecule has 630 valence electrons. The van der Waals surface area contributed by atoms with Gasteiger partial charge in [-0.1, -0.05) is 205 Å². The lowest BCUT2D eigenvalue weighted by Gasteiger charge is -2.40. The van der Waals surface area contributed by atoms with Gasteiger partial charge in [-0.2, -0.15) is 79.0 Å². The molecule has 5 aromatic carbocycles. The summed E-state index contributed by atoms with van der Waals surface area (Å²) in [5, 5.41) is 1.18. The first kappa shape index (κ1) is 103. The molecule has 0 unspecified atom stereocenters. The summed E-state index contributed by atoms with van der Waals surface area (Å²) < 4.78 is 287. The summed E-state index contributed by atoms with van der Waals surface area (Å²) in [6, 6.07) is 17.7. The van der Waals surface area contributed by atoms with E-state index in [4.69, 9.17) is 0 Å². The van der Waals surface area contributed by atoms with Gasteiger partial charge in [0.2, 0.25) is 5.82 Å². The summed E-state index contributed by atoms with van der Waals surface area (Å²) >= 11 is 1.81. The molecule has 0 aliphatic carbocycles. The number of aromatic nitrogens is 6. The highest BCUT2D eigenvalue weighted by Crippen LogP contribution is 3.02. The van der Waals surface area contributed by atoms with Gasteiger partial charge in [0.1, 0.15) is 22.4 Å². The van der Waals surface area contributed by atoms with Crippen LogP contribution in [0.3, 0.4) is 0 Å². The SMILES string of the molecule is CC(C)c1cc(C(F)(F)F)cc(C(C)C)c1C(C)C.CC(C)c1ccc(C(F)(F)F)cc1C(F)(F)F.CC(C)c1ccc(S(F)(F)(F)(F)F)cc1.CC(C)c1ncccn1.Cc1cc(C(C)C)cc(C(F)(F)F)c1.Cc1ccc(C(F)(F)F)c(C(C)C)c1.Cc1nc(C(C)C)nc(C(F)(F)F)n1.Cc1nc(C)c(C(C)C)s1. The van der Waals surface area contributed by atoms with Gasteiger partial charge < -0.3 is 0 Å². The van der Waals surface area contributed by atoms with Gasteiger partial charge in [0.25, 0.3) is 0 Å². The van der Waals surface area contributed by atoms with Gasteiger partial charge >= 0.3 is 47.3 Å². The Hall–Kier alpha value is -7.44. The second-order valence-electron chi connectivity index (χ2n) is 29.5. The molecule has 0 atom stereocenters. The largest absolute Gasteiger partial charge is 0.451 e. The Labute approximate surface area is 647 Å². The predicted molar refractivity (Wildman–Crippen MR) is 402 cm³/mol. The molecule has 0 fully saturated rings. The van der Waals surface area contributed by atoms with Crippen molar-refractivity contribution < 1.29 is 98.5 Å². The van der Waals surface area contributed by atoms with Crippen molar-refractivity contribution in [1.29, 1.82) is 0 Å². The molecule has 8 rings (SSSR count). The number of hydrogen-bond acceptors (Lipinski definition) is 7. The zero-order valence-corrected chi connectivity index (χ0v) is 69.0. The highest BCUT2D eigenvalue weighted by molar-refractivity contribution is 8.45. The first-order valence-corrected chi connectivity index (χ1v) is 38.3. The molecule has 6 nitrogen and oxygen atoms in total. The molecule has 0 radical (unpaired) electrons. The number of thiazole rings is 1. The molecular weight excluding hydrogens is 1560 g/mol. The van der Waals surface area contributed by atoms with Gasteiger partial charge in [-0.15, -0.1) is 11.3 Å². The van der Waals surface area contributed by atoms with Crippen LogP contribution in [0.25, 0.3) is 0 Å². The molecule has 0 spiro atoms. The van der Waals surface area contributed by atoms with Crippen molar-refractivity contribution in [1.82, 2.24) is 29.9 Å². The first-order valence-electron chi connectivity index (χ1n) is 35.6. The number of halogens is 23. The lowest BCUT2D eigenvalue weighted by atomic mass is 9.82. The summed E-state index contributed by atoms with van der Waals surface area (Å²) in [6.07, 6.45) is -23.3. The molecule has 0 saturated carbocycles. The predicted octanol–water partition coefficient (Wildman–Crippen LogP) is 31.5. The van der Waals surface area contributed by atoms with E-state index in [1.807, 2.05) is 72.8 Å². The van der Waals surface area contributed by atoms with Gasteiger partial charge in [0, 0.05) is 29.1 Å². The Balaban J connectivity index is 0.000000645. The second kappa shape index (κ2) is 40.2. The average molecular weight is 1660 g/mol. The van der Waals surface area contributed by atoms with Crippen LogP contribution in [0.15, 0.2) is 114 Å². The number of nitrogens with zero attached hydrogens (tertiary/aromatic N) is 6. The van der Waals surface area contributed by atoms with E-state index in [-0.39, 0.29) is 64.7 Å². The fourth-order valence-electron chi connectivity index (χ4n) is 10.4. The fraction of sp³-hybridized carbons (Fsp3) is 0.506. The minimum absolute atomic E-state index is 0.0116. The van der Waals surface area contributed by atoms with E-state index < -0.39 is 91.7 Å². The zero-order valence-electron chi connectivity index (χ0n) is 67.4. The van der Waals surface area contributed by atoms with Gasteiger partial charge in [0.15, 0.2) is 0 Å². The quantitative estimate of drug-likeness (QED) is 0.120. The third-order valence-electron chi connectivity index (χ3n) is 16.0. The summed E-state index contributed by atoms with van der Waals surface area (Å²) in [7, 11) is -9.49. The van der Waals surface area contributed by atoms with Crippen molar-refractivity contribution in [2.75, 3.05) is 0 Å². The maximum Gasteiger partial charge on any atom is 0.451 e. The van der Waals surface area contributed by atoms with Crippen molar-refractivity contribution in [3.05, 3.63) is 226 Å². The van der Waals surface area contributed by atoms with Crippen LogP contribution >= 0.6 is 21.6 Å². The van der Waals surface area contributed by atoms with Crippen molar-refractivity contribution in [2.45, 2.75) is 274 Å². The van der Waals surface area contributed by atoms with E-state index in [1.54, 1.807) is 79.9 Å². The van der Waals surface area contributed by atoms with Gasteiger partial charge in [-0.3, -0.25) is 0 Å². The van der Waals surface area contributed by atoms with Crippen molar-refractivity contribution >= 4 is 21.6 Å². The lowest BCUT2D eigenvalue weighted by Crippen LogP contribution is -2.15. The van der Waals surface area contributed by atoms with E-state index in [0.717, 1.165) is 57.9 Å². The first-order chi connectivity index (χ1) is 50.3. The standard InChI is InChI=1S/C16H23F3.C11H10F6.2C11H13F3.C9H11F5S.C8H10F3N3.C8H13NS.C7H10N2/c1-9(2)13-7-12(16(17,18)19)8-14(10(3)4)15(13)11(5)6;1-6(2)8-4-3-7(10(12,13)14)5-9(8)11(15,16)17;1-7(2)9-4-8(3)5-10(6-9)11(12,13)14;1-7(2)9-6-8(3)4-5-10(9)11(12,13)14;1-7(2)8-3-5-9(6-4-8)15(10,11,12,13)14;1-4(2)6-12-5(3)13-7(14-6)8(9,10)11;1-5(2)8-6(3)9-7(4)10-8;1-6(2)7-8-4-3-5-9-7/h7-11H,1-6H3;3-6H,1-2H3;2*4-7H,1-3H3;3-7H,1-2H3;4H,1-3H3;5H,1-4H3;3-6H,1-2H3. The minimum Gasteiger partial charge on any atom is -0.247 e. The summed E-state index contributed by atoms with van der Waals surface area (Å²) in [6.45, 7) is 46.8. The molecule has 0 aliphatic rings. The van der Waals surface area contributed by atoms with Crippen LogP contribution in [-0.2, 0) is 37.1 Å². The minimum atomic E-state index is -9.49. The lowest BCUT2D eigenvalue weighted by molar-refractivity contribution is -0.145. The molecule has 8 aromatic rings. The molecule has 31 heteroatoms. The number of hydrogen-bond donors (Lipinski definition) is 0. The molecule has 0 amide bonds. The fourth-order valence-corrected chi connectivity index (χ4v) is 12.0. The van der Waals surface area contributed by atoms with Crippen LogP contribution in [0.2, 0.25) is 0 Å². The Morgan fingerprint density at radius 3 is 1.09 bits per heavy atom. The van der Waals surface area contributed by atoms with Crippen LogP contribution in [0, 0.1) is 34.6 Å². The molecule has 0 saturated heterocycles. The molecule has 3 heterocycles. The van der Waals surface area contributed by atoms with Gasteiger partial charge in [-0.05, 0) is 182 Å². The van der Waals surface area contributed by atoms with Crippen molar-refractivity contribution in [3.63, 3.8) is 0 Å². The van der Waals surface area contributed by atoms with Crippen LogP contribution in [-0.4, -0.2) is 29.9 Å². The molecule has 112 heavy (non-hydrogen) atoms. The number of benzene rings is 5. The zero-order chi connectivity index (χ0) is 87.6. The Morgan fingerprint density at radius 2 is 0.759 bits per heavy atom. The highest BCUT2D eigenvalue weighted by atomic mass is 32.5. The topological polar surface area (TPSA) is 77.3 Å². The van der Waals surface area contributed by atoms with Crippen LogP contribution < -0.4 is 0 Å². The second-order valence-corrected chi connectivity index (χ2v) is 33.2. The molecule has 0 bridgehead atoms. The number of alkyl halides is 18. The number of rotatable bonds is 11. The normalized spacial score (nSPS) is 12.9. The molecular formula is C81H103F23N6S2. The third kappa shape index (κ3) is 34.7. The number of aryl methyl sites for hydroxylation is 5. The maximum absolute atomic E-state index is 13.0. The average Bonchev–Trinajstić information content (AvgIpc) is 0.753. The monoisotopic (exact) mass is 1660 g/mol. The summed E-state index contributed by atoms with van der Waals surface area (Å²) in [5.74, 6) is 0.947. The van der Waals surface area contributed by atoms with Crippen molar-refractivity contribution in [2.24, 2.45) is 0 Å². The van der Waals surface area contributed by atoms with Gasteiger partial charge in [-0.25, -0.2) is 29.9 Å². The van der Waals surface area contributed by atoms with E-state index in [1.165, 1.54) is 66.7 Å². The van der Waals surface area contributed by atoms with E-state index in [2.05, 4.69) is 71.4 Å². The molecule has 3 aromatic heterocycles. The van der Waals surface area contributed by atoms with E-state index in [0.29, 0.717) is 46.7 Å². The van der Waals surface area contributed by atoms with E-state index in [9.17, 15) is 98.5 Å². The Bertz CT molecular complexity index is 4110. The smallest absolute Gasteiger partial charge is 0.247 e. The molecule has 0 aliphatic heterocycles. The highest BCUT2D eigenvalue weighted by Gasteiger charge is 2.65. The molecule has 0 N–H and O–H groups in total. The third-order valence-corrected chi connectivity index (χ3v) is 18.6. The Morgan fingerprint density at radius 1 is 0.321 bits per heavy atom. The van der Waals surface area contributed by atoms with Crippen molar-refractivity contribution in [3.8, 4) is 0 Å². The Kier molecular flexibility index (Phi) is 36.8. The van der Waals surface area contributed by atoms with Crippen LogP contribution in [0.4, 0.5) is 98.5 Å². The van der Waals surface area contributed by atoms with Crippen LogP contribution in [0.5, 0.6) is 0 Å². The maximum atomic E-state index is 13.0. The van der Waals surface area contributed by atoms with Crippen LogP contribution in [0.1, 0.15) is 314 Å². The summed E-state index contributed by atoms with van der Waals surface area (Å²) in [5.41, 5.74) is 2.93. The van der Waals surface area contributed by atoms with E-state index >= 15 is 0 Å². The summed E-state index contributed by atoms with van der Waals surface area (Å²) in [4.78, 5) is 22.5. The van der Waals surface area contributed by atoms with Gasteiger partial charge in [0.05, 0.1) is 38.5 Å².